The van der Waals surface area contributed by atoms with Crippen molar-refractivity contribution in [1.29, 1.82) is 0 Å². The lowest BCUT2D eigenvalue weighted by molar-refractivity contribution is 0.607. The van der Waals surface area contributed by atoms with Gasteiger partial charge in [0.1, 0.15) is 0 Å². The molecule has 17 heavy (non-hydrogen) atoms. The molecule has 0 saturated carbocycles. The van der Waals surface area contributed by atoms with Crippen LogP contribution >= 0.6 is 0 Å². The van der Waals surface area contributed by atoms with Crippen LogP contribution in [0, 0.1) is 0 Å². The van der Waals surface area contributed by atoms with E-state index in [1.165, 1.54) is 24.1 Å². The Kier molecular flexibility index (Phi) is 4.00. The SMILES string of the molecule is CCCNCc1cc2c(n(C)c1=O)CCCC2. The zero-order chi connectivity index (χ0) is 12.3. The molecule has 0 aliphatic heterocycles. The van der Waals surface area contributed by atoms with Gasteiger partial charge in [0.05, 0.1) is 0 Å². The summed E-state index contributed by atoms with van der Waals surface area (Å²) in [4.78, 5) is 12.2. The van der Waals surface area contributed by atoms with Gasteiger partial charge in [-0.2, -0.15) is 0 Å². The molecule has 3 heteroatoms. The topological polar surface area (TPSA) is 34.0 Å². The van der Waals surface area contributed by atoms with Gasteiger partial charge in [0.25, 0.3) is 5.56 Å². The third kappa shape index (κ3) is 2.60. The zero-order valence-electron chi connectivity index (χ0n) is 10.9. The molecule has 94 valence electrons. The Bertz CT molecular complexity index is 448. The number of aromatic nitrogens is 1. The summed E-state index contributed by atoms with van der Waals surface area (Å²) in [6.07, 6.45) is 5.76. The maximum Gasteiger partial charge on any atom is 0.255 e. The van der Waals surface area contributed by atoms with Crippen molar-refractivity contribution in [1.82, 2.24) is 9.88 Å². The molecule has 1 aliphatic carbocycles. The number of hydrogen-bond donors (Lipinski definition) is 1. The second kappa shape index (κ2) is 5.50. The van der Waals surface area contributed by atoms with E-state index in [0.29, 0.717) is 6.54 Å². The van der Waals surface area contributed by atoms with Gasteiger partial charge in [-0.25, -0.2) is 0 Å². The monoisotopic (exact) mass is 234 g/mol. The van der Waals surface area contributed by atoms with E-state index in [9.17, 15) is 4.79 Å². The molecule has 1 aromatic rings. The third-order valence-electron chi connectivity index (χ3n) is 3.56. The van der Waals surface area contributed by atoms with Crippen molar-refractivity contribution in [2.45, 2.75) is 45.6 Å². The normalized spacial score (nSPS) is 14.7. The van der Waals surface area contributed by atoms with E-state index in [-0.39, 0.29) is 5.56 Å². The van der Waals surface area contributed by atoms with E-state index in [1.807, 2.05) is 11.6 Å². The van der Waals surface area contributed by atoms with Gasteiger partial charge in [0.15, 0.2) is 0 Å². The summed E-state index contributed by atoms with van der Waals surface area (Å²) in [7, 11) is 1.91. The highest BCUT2D eigenvalue weighted by molar-refractivity contribution is 5.28. The molecule has 0 atom stereocenters. The number of pyridine rings is 1. The van der Waals surface area contributed by atoms with Gasteiger partial charge in [-0.3, -0.25) is 4.79 Å². The lowest BCUT2D eigenvalue weighted by Gasteiger charge is -2.20. The van der Waals surface area contributed by atoms with E-state index in [1.54, 1.807) is 0 Å². The molecule has 0 saturated heterocycles. The molecular formula is C14H22N2O. The van der Waals surface area contributed by atoms with Crippen LogP contribution in [-0.4, -0.2) is 11.1 Å². The van der Waals surface area contributed by atoms with Crippen molar-refractivity contribution < 1.29 is 0 Å². The quantitative estimate of drug-likeness (QED) is 0.806. The minimum absolute atomic E-state index is 0.175. The highest BCUT2D eigenvalue weighted by atomic mass is 16.1. The number of nitrogens with one attached hydrogen (secondary N) is 1. The molecular weight excluding hydrogens is 212 g/mol. The molecule has 0 bridgehead atoms. The Labute approximate surface area is 103 Å². The standard InChI is InChI=1S/C14H22N2O/c1-3-8-15-10-12-9-11-6-4-5-7-13(11)16(2)14(12)17/h9,15H,3-8,10H2,1-2H3. The minimum Gasteiger partial charge on any atom is -0.315 e. The van der Waals surface area contributed by atoms with Crippen LogP contribution in [0.1, 0.15) is 43.0 Å². The average Bonchev–Trinajstić information content (AvgIpc) is 2.35. The lowest BCUT2D eigenvalue weighted by atomic mass is 9.94. The Hall–Kier alpha value is -1.09. The molecule has 1 heterocycles. The fraction of sp³-hybridized carbons (Fsp3) is 0.643. The van der Waals surface area contributed by atoms with Crippen molar-refractivity contribution in [3.63, 3.8) is 0 Å². The number of nitrogens with zero attached hydrogens (tertiary/aromatic N) is 1. The van der Waals surface area contributed by atoms with E-state index in [4.69, 9.17) is 0 Å². The minimum atomic E-state index is 0.175. The fourth-order valence-corrected chi connectivity index (χ4v) is 2.59. The Morgan fingerprint density at radius 2 is 2.12 bits per heavy atom. The van der Waals surface area contributed by atoms with Gasteiger partial charge >= 0.3 is 0 Å². The van der Waals surface area contributed by atoms with Gasteiger partial charge in [-0.1, -0.05) is 6.92 Å². The van der Waals surface area contributed by atoms with Crippen LogP contribution in [0.3, 0.4) is 0 Å². The summed E-state index contributed by atoms with van der Waals surface area (Å²) in [5.41, 5.74) is 3.72. The van der Waals surface area contributed by atoms with Gasteiger partial charge in [0, 0.05) is 24.8 Å². The van der Waals surface area contributed by atoms with Crippen molar-refractivity contribution in [2.75, 3.05) is 6.54 Å². The van der Waals surface area contributed by atoms with Crippen LogP contribution in [0.4, 0.5) is 0 Å². The molecule has 0 aromatic carbocycles. The summed E-state index contributed by atoms with van der Waals surface area (Å²) < 4.78 is 1.86. The molecule has 2 rings (SSSR count). The van der Waals surface area contributed by atoms with Crippen molar-refractivity contribution in [2.24, 2.45) is 7.05 Å². The van der Waals surface area contributed by atoms with Gasteiger partial charge in [-0.05, 0) is 50.3 Å². The van der Waals surface area contributed by atoms with Crippen LogP contribution in [-0.2, 0) is 26.4 Å². The number of fused-ring (bicyclic) bond motifs is 1. The van der Waals surface area contributed by atoms with Crippen LogP contribution in [0.25, 0.3) is 0 Å². The molecule has 0 spiro atoms. The number of hydrogen-bond acceptors (Lipinski definition) is 2. The summed E-state index contributed by atoms with van der Waals surface area (Å²) in [5.74, 6) is 0. The first-order valence-corrected chi connectivity index (χ1v) is 6.65. The summed E-state index contributed by atoms with van der Waals surface area (Å²) in [5, 5.41) is 3.31. The van der Waals surface area contributed by atoms with Gasteiger partial charge in [0.2, 0.25) is 0 Å². The van der Waals surface area contributed by atoms with Gasteiger partial charge in [-0.15, -0.1) is 0 Å². The first-order chi connectivity index (χ1) is 8.24. The largest absolute Gasteiger partial charge is 0.315 e. The molecule has 0 amide bonds. The summed E-state index contributed by atoms with van der Waals surface area (Å²) >= 11 is 0. The van der Waals surface area contributed by atoms with E-state index < -0.39 is 0 Å². The van der Waals surface area contributed by atoms with Crippen molar-refractivity contribution in [3.05, 3.63) is 33.2 Å². The molecule has 3 nitrogen and oxygen atoms in total. The second-order valence-corrected chi connectivity index (χ2v) is 4.89. The maximum absolute atomic E-state index is 12.2. The molecule has 0 unspecified atom stereocenters. The number of rotatable bonds is 4. The smallest absolute Gasteiger partial charge is 0.255 e. The predicted molar refractivity (Wildman–Crippen MR) is 70.3 cm³/mol. The molecule has 1 N–H and O–H groups in total. The highest BCUT2D eigenvalue weighted by Crippen LogP contribution is 2.19. The van der Waals surface area contributed by atoms with Crippen molar-refractivity contribution in [3.8, 4) is 0 Å². The van der Waals surface area contributed by atoms with Crippen LogP contribution < -0.4 is 10.9 Å². The Balaban J connectivity index is 2.28. The number of aryl methyl sites for hydroxylation is 1. The second-order valence-electron chi connectivity index (χ2n) is 4.89. The third-order valence-corrected chi connectivity index (χ3v) is 3.56. The van der Waals surface area contributed by atoms with E-state index >= 15 is 0 Å². The average molecular weight is 234 g/mol. The summed E-state index contributed by atoms with van der Waals surface area (Å²) in [6, 6.07) is 2.12. The lowest BCUT2D eigenvalue weighted by Crippen LogP contribution is -2.30. The Morgan fingerprint density at radius 1 is 1.35 bits per heavy atom. The first-order valence-electron chi connectivity index (χ1n) is 6.65. The van der Waals surface area contributed by atoms with Crippen LogP contribution in [0.5, 0.6) is 0 Å². The van der Waals surface area contributed by atoms with Gasteiger partial charge < -0.3 is 9.88 Å². The Morgan fingerprint density at radius 3 is 2.88 bits per heavy atom. The molecule has 0 fully saturated rings. The zero-order valence-corrected chi connectivity index (χ0v) is 10.9. The molecule has 1 aliphatic rings. The maximum atomic E-state index is 12.2. The fourth-order valence-electron chi connectivity index (χ4n) is 2.59. The first kappa shape index (κ1) is 12.4. The van der Waals surface area contributed by atoms with Crippen LogP contribution in [0.2, 0.25) is 0 Å². The van der Waals surface area contributed by atoms with Crippen LogP contribution in [0.15, 0.2) is 10.9 Å². The summed E-state index contributed by atoms with van der Waals surface area (Å²) in [6.45, 7) is 3.81. The predicted octanol–water partition coefficient (Wildman–Crippen LogP) is 1.76. The molecule has 0 radical (unpaired) electrons. The van der Waals surface area contributed by atoms with Crippen molar-refractivity contribution >= 4 is 0 Å². The van der Waals surface area contributed by atoms with E-state index in [0.717, 1.165) is 31.4 Å². The van der Waals surface area contributed by atoms with E-state index in [2.05, 4.69) is 18.3 Å². The molecule has 1 aromatic heterocycles. The highest BCUT2D eigenvalue weighted by Gasteiger charge is 2.15.